The predicted molar refractivity (Wildman–Crippen MR) is 84.1 cm³/mol. The molecule has 21 heavy (non-hydrogen) atoms. The molecule has 2 aliphatic carbocycles. The molecule has 2 fully saturated rings. The summed E-state index contributed by atoms with van der Waals surface area (Å²) in [4.78, 5) is 0. The van der Waals surface area contributed by atoms with E-state index in [0.717, 1.165) is 18.8 Å². The first-order valence-corrected chi connectivity index (χ1v) is 8.49. The normalized spacial score (nSPS) is 36.9. The van der Waals surface area contributed by atoms with Crippen LogP contribution in [0.25, 0.3) is 0 Å². The van der Waals surface area contributed by atoms with Crippen LogP contribution in [0, 0.1) is 16.7 Å². The van der Waals surface area contributed by atoms with Gasteiger partial charge >= 0.3 is 0 Å². The van der Waals surface area contributed by atoms with E-state index in [1.807, 2.05) is 6.92 Å². The molecule has 2 saturated carbocycles. The summed E-state index contributed by atoms with van der Waals surface area (Å²) in [5, 5.41) is 22.4. The highest BCUT2D eigenvalue weighted by Crippen LogP contribution is 2.66. The summed E-state index contributed by atoms with van der Waals surface area (Å²) >= 11 is 0. The van der Waals surface area contributed by atoms with Crippen LogP contribution in [0.15, 0.2) is 0 Å². The van der Waals surface area contributed by atoms with Gasteiger partial charge in [0.05, 0.1) is 25.4 Å². The fourth-order valence-corrected chi connectivity index (χ4v) is 4.31. The molecule has 0 radical (unpaired) electrons. The standard InChI is InChI=1S/C17H33NO3/c1-5-13(10-19)18-9-14(20)11-21-15-8-12-6-7-17(15,4)16(12,2)3/h12-15,18-20H,5-11H2,1-4H3/t12-,13-,14+,15+,17-/m1/s1. The predicted octanol–water partition coefficient (Wildman–Crippen LogP) is 1.94. The van der Waals surface area contributed by atoms with Gasteiger partial charge in [0.1, 0.15) is 0 Å². The van der Waals surface area contributed by atoms with Gasteiger partial charge in [-0.1, -0.05) is 27.7 Å². The third-order valence-electron chi connectivity index (χ3n) is 6.56. The number of hydrogen-bond donors (Lipinski definition) is 3. The Labute approximate surface area is 129 Å². The molecule has 0 amide bonds. The van der Waals surface area contributed by atoms with Gasteiger partial charge in [-0.25, -0.2) is 0 Å². The smallest absolute Gasteiger partial charge is 0.0897 e. The van der Waals surface area contributed by atoms with Crippen molar-refractivity contribution < 1.29 is 14.9 Å². The molecule has 2 aliphatic rings. The highest BCUT2D eigenvalue weighted by molar-refractivity contribution is 5.11. The van der Waals surface area contributed by atoms with Crippen LogP contribution >= 0.6 is 0 Å². The number of aliphatic hydroxyl groups excluding tert-OH is 2. The Hall–Kier alpha value is -0.160. The summed E-state index contributed by atoms with van der Waals surface area (Å²) in [6.45, 7) is 10.1. The topological polar surface area (TPSA) is 61.7 Å². The second-order valence-electron chi connectivity index (χ2n) is 7.78. The summed E-state index contributed by atoms with van der Waals surface area (Å²) < 4.78 is 6.08. The zero-order chi connectivity index (χ0) is 15.7. The van der Waals surface area contributed by atoms with Crippen molar-refractivity contribution in [3.05, 3.63) is 0 Å². The minimum Gasteiger partial charge on any atom is -0.395 e. The number of fused-ring (bicyclic) bond motifs is 2. The maximum absolute atomic E-state index is 10.1. The molecule has 3 N–H and O–H groups in total. The van der Waals surface area contributed by atoms with Crippen LogP contribution in [0.2, 0.25) is 0 Å². The van der Waals surface area contributed by atoms with Gasteiger partial charge in [0.2, 0.25) is 0 Å². The Kier molecular flexibility index (Phi) is 5.35. The lowest BCUT2D eigenvalue weighted by atomic mass is 9.70. The Bertz CT molecular complexity index is 343. The molecule has 5 atom stereocenters. The van der Waals surface area contributed by atoms with Crippen molar-refractivity contribution in [2.24, 2.45) is 16.7 Å². The number of hydrogen-bond acceptors (Lipinski definition) is 4. The highest BCUT2D eigenvalue weighted by atomic mass is 16.5. The Morgan fingerprint density at radius 1 is 1.33 bits per heavy atom. The molecule has 0 aromatic carbocycles. The van der Waals surface area contributed by atoms with Gasteiger partial charge in [-0.05, 0) is 42.4 Å². The number of nitrogens with one attached hydrogen (secondary N) is 1. The molecule has 0 aliphatic heterocycles. The molecule has 124 valence electrons. The monoisotopic (exact) mass is 299 g/mol. The van der Waals surface area contributed by atoms with Gasteiger partial charge in [-0.15, -0.1) is 0 Å². The molecule has 0 spiro atoms. The van der Waals surface area contributed by atoms with Crippen molar-refractivity contribution in [3.63, 3.8) is 0 Å². The lowest BCUT2D eigenvalue weighted by Crippen LogP contribution is -2.42. The van der Waals surface area contributed by atoms with Crippen molar-refractivity contribution in [2.75, 3.05) is 19.8 Å². The minimum atomic E-state index is -0.503. The van der Waals surface area contributed by atoms with E-state index >= 15 is 0 Å². The summed E-state index contributed by atoms with van der Waals surface area (Å²) in [5.41, 5.74) is 0.604. The van der Waals surface area contributed by atoms with Crippen LogP contribution in [-0.4, -0.2) is 48.2 Å². The Balaban J connectivity index is 1.77. The maximum atomic E-state index is 10.1. The summed E-state index contributed by atoms with van der Waals surface area (Å²) in [7, 11) is 0. The first-order valence-electron chi connectivity index (χ1n) is 8.49. The maximum Gasteiger partial charge on any atom is 0.0897 e. The lowest BCUT2D eigenvalue weighted by molar-refractivity contribution is -0.0746. The van der Waals surface area contributed by atoms with Crippen LogP contribution in [0.3, 0.4) is 0 Å². The molecule has 0 saturated heterocycles. The first kappa shape index (κ1) is 17.2. The molecule has 0 aromatic heterocycles. The van der Waals surface area contributed by atoms with Crippen LogP contribution in [0.4, 0.5) is 0 Å². The Morgan fingerprint density at radius 3 is 2.52 bits per heavy atom. The van der Waals surface area contributed by atoms with E-state index in [1.54, 1.807) is 0 Å². The van der Waals surface area contributed by atoms with E-state index < -0.39 is 6.10 Å². The second kappa shape index (κ2) is 6.53. The third kappa shape index (κ3) is 3.14. The molecule has 0 aromatic rings. The van der Waals surface area contributed by atoms with Crippen molar-refractivity contribution in [1.82, 2.24) is 5.32 Å². The van der Waals surface area contributed by atoms with Crippen LogP contribution in [-0.2, 0) is 4.74 Å². The van der Waals surface area contributed by atoms with E-state index in [-0.39, 0.29) is 24.2 Å². The average Bonchev–Trinajstić information content (AvgIpc) is 2.79. The average molecular weight is 299 g/mol. The Morgan fingerprint density at radius 2 is 2.05 bits per heavy atom. The van der Waals surface area contributed by atoms with Gasteiger partial charge in [-0.2, -0.15) is 0 Å². The summed E-state index contributed by atoms with van der Waals surface area (Å²) in [6, 6.07) is 0.0681. The zero-order valence-corrected chi connectivity index (χ0v) is 14.1. The highest BCUT2D eigenvalue weighted by Gasteiger charge is 2.61. The van der Waals surface area contributed by atoms with E-state index in [1.165, 1.54) is 12.8 Å². The van der Waals surface area contributed by atoms with E-state index in [0.29, 0.717) is 18.6 Å². The van der Waals surface area contributed by atoms with Crippen LogP contribution in [0.1, 0.15) is 53.4 Å². The number of aliphatic hydroxyl groups is 2. The fraction of sp³-hybridized carbons (Fsp3) is 1.00. The number of ether oxygens (including phenoxy) is 1. The van der Waals surface area contributed by atoms with Crippen molar-refractivity contribution in [2.45, 2.75) is 71.6 Å². The fourth-order valence-electron chi connectivity index (χ4n) is 4.31. The molecule has 2 rings (SSSR count). The van der Waals surface area contributed by atoms with Gasteiger partial charge < -0.3 is 20.3 Å². The zero-order valence-electron chi connectivity index (χ0n) is 14.1. The van der Waals surface area contributed by atoms with Gasteiger partial charge in [0, 0.05) is 12.6 Å². The van der Waals surface area contributed by atoms with Crippen molar-refractivity contribution in [3.8, 4) is 0 Å². The second-order valence-corrected chi connectivity index (χ2v) is 7.78. The molecule has 4 nitrogen and oxygen atoms in total. The van der Waals surface area contributed by atoms with Crippen molar-refractivity contribution in [1.29, 1.82) is 0 Å². The molecule has 4 heteroatoms. The molecule has 0 heterocycles. The summed E-state index contributed by atoms with van der Waals surface area (Å²) in [5.74, 6) is 0.765. The first-order chi connectivity index (χ1) is 9.85. The van der Waals surface area contributed by atoms with Gasteiger partial charge in [-0.3, -0.25) is 0 Å². The molecule has 0 unspecified atom stereocenters. The van der Waals surface area contributed by atoms with E-state index in [4.69, 9.17) is 9.84 Å². The lowest BCUT2D eigenvalue weighted by Gasteiger charge is -2.39. The molecular weight excluding hydrogens is 266 g/mol. The van der Waals surface area contributed by atoms with Gasteiger partial charge in [0.15, 0.2) is 0 Å². The van der Waals surface area contributed by atoms with Crippen LogP contribution in [0.5, 0.6) is 0 Å². The minimum absolute atomic E-state index is 0.0681. The molecule has 2 bridgehead atoms. The third-order valence-corrected chi connectivity index (χ3v) is 6.56. The quantitative estimate of drug-likeness (QED) is 0.641. The van der Waals surface area contributed by atoms with E-state index in [9.17, 15) is 5.11 Å². The largest absolute Gasteiger partial charge is 0.395 e. The van der Waals surface area contributed by atoms with E-state index in [2.05, 4.69) is 26.1 Å². The SMILES string of the molecule is CC[C@H](CO)NC[C@H](O)CO[C@H]1C[C@H]2CC[C@@]1(C)C2(C)C. The summed E-state index contributed by atoms with van der Waals surface area (Å²) in [6.07, 6.45) is 4.34. The number of rotatable bonds is 8. The van der Waals surface area contributed by atoms with Crippen LogP contribution < -0.4 is 5.32 Å². The van der Waals surface area contributed by atoms with Crippen molar-refractivity contribution >= 4 is 0 Å². The van der Waals surface area contributed by atoms with Gasteiger partial charge in [0.25, 0.3) is 0 Å². The molecular formula is C17H33NO3.